The van der Waals surface area contributed by atoms with Crippen LogP contribution in [-0.4, -0.2) is 12.1 Å². The smallest absolute Gasteiger partial charge is 0.271 e. The molecule has 0 saturated carbocycles. The maximum Gasteiger partial charge on any atom is 0.271 e. The van der Waals surface area contributed by atoms with Gasteiger partial charge in [0.05, 0.1) is 6.21 Å². The third-order valence-electron chi connectivity index (χ3n) is 3.73. The van der Waals surface area contributed by atoms with Crippen molar-refractivity contribution in [1.82, 2.24) is 5.43 Å². The molecule has 142 valence electrons. The van der Waals surface area contributed by atoms with E-state index in [1.54, 1.807) is 48.5 Å². The molecule has 1 amide bonds. The van der Waals surface area contributed by atoms with Crippen LogP contribution in [-0.2, 0) is 6.61 Å². The van der Waals surface area contributed by atoms with Crippen molar-refractivity contribution in [2.45, 2.75) is 6.61 Å². The van der Waals surface area contributed by atoms with E-state index in [0.29, 0.717) is 33.5 Å². The second kappa shape index (κ2) is 9.73. The van der Waals surface area contributed by atoms with Crippen molar-refractivity contribution >= 4 is 51.3 Å². The average molecular weight is 478 g/mol. The molecule has 28 heavy (non-hydrogen) atoms. The van der Waals surface area contributed by atoms with Crippen molar-refractivity contribution in [3.8, 4) is 5.75 Å². The van der Waals surface area contributed by atoms with Crippen LogP contribution in [0.3, 0.4) is 0 Å². The van der Waals surface area contributed by atoms with Crippen LogP contribution in [0, 0.1) is 0 Å². The van der Waals surface area contributed by atoms with Gasteiger partial charge in [-0.15, -0.1) is 0 Å². The molecule has 7 heteroatoms. The van der Waals surface area contributed by atoms with Gasteiger partial charge in [0.15, 0.2) is 0 Å². The van der Waals surface area contributed by atoms with E-state index in [0.717, 1.165) is 10.0 Å². The third-order valence-corrected chi connectivity index (χ3v) is 4.73. The Hall–Kier alpha value is -2.34. The van der Waals surface area contributed by atoms with E-state index >= 15 is 0 Å². The highest BCUT2D eigenvalue weighted by molar-refractivity contribution is 9.10. The topological polar surface area (TPSA) is 50.7 Å². The molecule has 0 aliphatic carbocycles. The predicted octanol–water partition coefficient (Wildman–Crippen LogP) is 6.10. The molecule has 3 rings (SSSR count). The number of hydrazone groups is 1. The lowest BCUT2D eigenvalue weighted by atomic mass is 10.2. The van der Waals surface area contributed by atoms with Gasteiger partial charge in [-0.25, -0.2) is 5.43 Å². The number of rotatable bonds is 6. The highest BCUT2D eigenvalue weighted by atomic mass is 79.9. The van der Waals surface area contributed by atoms with Crippen molar-refractivity contribution in [1.29, 1.82) is 0 Å². The number of nitrogens with one attached hydrogen (secondary N) is 1. The Balaban J connectivity index is 1.68. The Morgan fingerprint density at radius 3 is 2.54 bits per heavy atom. The van der Waals surface area contributed by atoms with Crippen LogP contribution in [0.4, 0.5) is 0 Å². The van der Waals surface area contributed by atoms with E-state index < -0.39 is 0 Å². The van der Waals surface area contributed by atoms with Gasteiger partial charge in [0.2, 0.25) is 0 Å². The number of hydrogen-bond acceptors (Lipinski definition) is 3. The molecule has 0 saturated heterocycles. The number of hydrogen-bond donors (Lipinski definition) is 1. The molecule has 3 aromatic rings. The molecule has 0 atom stereocenters. The van der Waals surface area contributed by atoms with Crippen LogP contribution in [0.15, 0.2) is 76.3 Å². The standard InChI is InChI=1S/C21H15BrCl2N2O2/c22-17-6-4-15(5-7-17)21(27)26-25-12-16-11-19(24)8-9-20(16)28-13-14-2-1-3-18(23)10-14/h1-12H,13H2,(H,26,27)/b25-12-. The monoisotopic (exact) mass is 476 g/mol. The Kier molecular flexibility index (Phi) is 7.09. The van der Waals surface area contributed by atoms with Crippen LogP contribution < -0.4 is 10.2 Å². The van der Waals surface area contributed by atoms with Gasteiger partial charge in [-0.3, -0.25) is 4.79 Å². The summed E-state index contributed by atoms with van der Waals surface area (Å²) in [6, 6.07) is 19.6. The largest absolute Gasteiger partial charge is 0.488 e. The molecule has 4 nitrogen and oxygen atoms in total. The minimum Gasteiger partial charge on any atom is -0.488 e. The van der Waals surface area contributed by atoms with Crippen molar-refractivity contribution in [2.24, 2.45) is 5.10 Å². The molecule has 0 unspecified atom stereocenters. The zero-order chi connectivity index (χ0) is 19.9. The van der Waals surface area contributed by atoms with Crippen LogP contribution >= 0.6 is 39.1 Å². The normalized spacial score (nSPS) is 10.8. The zero-order valence-corrected chi connectivity index (χ0v) is 17.6. The summed E-state index contributed by atoms with van der Waals surface area (Å²) in [6.45, 7) is 0.342. The quantitative estimate of drug-likeness (QED) is 0.344. The van der Waals surface area contributed by atoms with Crippen molar-refractivity contribution < 1.29 is 9.53 Å². The minimum absolute atomic E-state index is 0.313. The molecule has 1 N–H and O–H groups in total. The fraction of sp³-hybridized carbons (Fsp3) is 0.0476. The van der Waals surface area contributed by atoms with Gasteiger partial charge in [0.1, 0.15) is 12.4 Å². The van der Waals surface area contributed by atoms with Crippen LogP contribution in [0.5, 0.6) is 5.75 Å². The number of carbonyl (C=O) groups is 1. The third kappa shape index (κ3) is 5.83. The summed E-state index contributed by atoms with van der Waals surface area (Å²) in [5.74, 6) is 0.276. The molecule has 0 aliphatic rings. The lowest BCUT2D eigenvalue weighted by Crippen LogP contribution is -2.17. The van der Waals surface area contributed by atoms with Crippen molar-refractivity contribution in [3.05, 3.63) is 97.9 Å². The van der Waals surface area contributed by atoms with E-state index in [9.17, 15) is 4.79 Å². The van der Waals surface area contributed by atoms with Gasteiger partial charge >= 0.3 is 0 Å². The highest BCUT2D eigenvalue weighted by Crippen LogP contribution is 2.23. The summed E-state index contributed by atoms with van der Waals surface area (Å²) in [7, 11) is 0. The molecular weight excluding hydrogens is 463 g/mol. The first-order valence-electron chi connectivity index (χ1n) is 8.27. The Morgan fingerprint density at radius 2 is 1.79 bits per heavy atom. The van der Waals surface area contributed by atoms with E-state index in [4.69, 9.17) is 27.9 Å². The van der Waals surface area contributed by atoms with Gasteiger partial charge in [-0.2, -0.15) is 5.10 Å². The Labute approximate surface area is 181 Å². The second-order valence-electron chi connectivity index (χ2n) is 5.81. The van der Waals surface area contributed by atoms with Crippen LogP contribution in [0.25, 0.3) is 0 Å². The van der Waals surface area contributed by atoms with Crippen molar-refractivity contribution in [2.75, 3.05) is 0 Å². The molecule has 0 fully saturated rings. The average Bonchev–Trinajstić information content (AvgIpc) is 2.68. The first-order valence-corrected chi connectivity index (χ1v) is 9.82. The molecule has 0 radical (unpaired) electrons. The summed E-state index contributed by atoms with van der Waals surface area (Å²) in [5.41, 5.74) is 4.58. The maximum atomic E-state index is 12.1. The van der Waals surface area contributed by atoms with E-state index in [1.165, 1.54) is 6.21 Å². The zero-order valence-electron chi connectivity index (χ0n) is 14.5. The van der Waals surface area contributed by atoms with E-state index in [-0.39, 0.29) is 5.91 Å². The number of benzene rings is 3. The van der Waals surface area contributed by atoms with Crippen LogP contribution in [0.2, 0.25) is 10.0 Å². The molecular formula is C21H15BrCl2N2O2. The number of nitrogens with zero attached hydrogens (tertiary/aromatic N) is 1. The highest BCUT2D eigenvalue weighted by Gasteiger charge is 2.06. The minimum atomic E-state index is -0.313. The van der Waals surface area contributed by atoms with E-state index in [2.05, 4.69) is 26.5 Å². The summed E-state index contributed by atoms with van der Waals surface area (Å²) in [6.07, 6.45) is 1.50. The summed E-state index contributed by atoms with van der Waals surface area (Å²) >= 11 is 15.4. The first-order chi connectivity index (χ1) is 13.5. The summed E-state index contributed by atoms with van der Waals surface area (Å²) in [5, 5.41) is 5.20. The molecule has 0 aliphatic heterocycles. The number of carbonyl (C=O) groups excluding carboxylic acids is 1. The molecule has 0 spiro atoms. The lowest BCUT2D eigenvalue weighted by Gasteiger charge is -2.10. The lowest BCUT2D eigenvalue weighted by molar-refractivity contribution is 0.0955. The number of ether oxygens (including phenoxy) is 1. The molecule has 0 heterocycles. The van der Waals surface area contributed by atoms with Gasteiger partial charge in [-0.05, 0) is 60.2 Å². The van der Waals surface area contributed by atoms with E-state index in [1.807, 2.05) is 18.2 Å². The molecule has 3 aromatic carbocycles. The summed E-state index contributed by atoms with van der Waals surface area (Å²) < 4.78 is 6.76. The number of amides is 1. The fourth-order valence-electron chi connectivity index (χ4n) is 2.37. The van der Waals surface area contributed by atoms with Gasteiger partial charge in [-0.1, -0.05) is 51.3 Å². The molecule has 0 aromatic heterocycles. The maximum absolute atomic E-state index is 12.1. The number of halogens is 3. The second-order valence-corrected chi connectivity index (χ2v) is 7.60. The summed E-state index contributed by atoms with van der Waals surface area (Å²) in [4.78, 5) is 12.1. The molecule has 0 bridgehead atoms. The first kappa shape index (κ1) is 20.4. The Morgan fingerprint density at radius 1 is 1.04 bits per heavy atom. The van der Waals surface area contributed by atoms with Crippen molar-refractivity contribution in [3.63, 3.8) is 0 Å². The fourth-order valence-corrected chi connectivity index (χ4v) is 3.02. The SMILES string of the molecule is O=C(N/N=C\c1cc(Cl)ccc1OCc1cccc(Cl)c1)c1ccc(Br)cc1. The van der Waals surface area contributed by atoms with Gasteiger partial charge in [0, 0.05) is 25.6 Å². The Bertz CT molecular complexity index is 1010. The van der Waals surface area contributed by atoms with Crippen LogP contribution in [0.1, 0.15) is 21.5 Å². The van der Waals surface area contributed by atoms with Gasteiger partial charge in [0.25, 0.3) is 5.91 Å². The predicted molar refractivity (Wildman–Crippen MR) is 116 cm³/mol. The van der Waals surface area contributed by atoms with Gasteiger partial charge < -0.3 is 4.74 Å².